The predicted octanol–water partition coefficient (Wildman–Crippen LogP) is 1.86. The molecule has 0 saturated carbocycles. The van der Waals surface area contributed by atoms with Gasteiger partial charge >= 0.3 is 0 Å². The van der Waals surface area contributed by atoms with Crippen molar-refractivity contribution < 1.29 is 13.2 Å². The second-order valence-electron chi connectivity index (χ2n) is 8.80. The number of nitrogens with one attached hydrogen (secondary N) is 1. The van der Waals surface area contributed by atoms with Crippen molar-refractivity contribution in [3.63, 3.8) is 0 Å². The second kappa shape index (κ2) is 9.60. The van der Waals surface area contributed by atoms with Gasteiger partial charge in [-0.3, -0.25) is 9.69 Å². The van der Waals surface area contributed by atoms with Gasteiger partial charge in [-0.25, -0.2) is 8.42 Å². The van der Waals surface area contributed by atoms with Gasteiger partial charge in [0.15, 0.2) is 0 Å². The molecule has 2 aromatic rings. The maximum Gasteiger partial charge on any atom is 0.243 e. The van der Waals surface area contributed by atoms with Gasteiger partial charge in [-0.2, -0.15) is 4.31 Å². The normalized spacial score (nSPS) is 17.2. The van der Waals surface area contributed by atoms with E-state index in [0.29, 0.717) is 37.6 Å². The third kappa shape index (κ3) is 5.14. The Bertz CT molecular complexity index is 1060. The van der Waals surface area contributed by atoms with Gasteiger partial charge in [0.25, 0.3) is 0 Å². The first-order valence-electron chi connectivity index (χ1n) is 11.2. The molecule has 1 fully saturated rings. The number of anilines is 1. The Hall–Kier alpha value is -2.42. The summed E-state index contributed by atoms with van der Waals surface area (Å²) in [5.41, 5.74) is 4.60. The highest BCUT2D eigenvalue weighted by Gasteiger charge is 2.29. The van der Waals surface area contributed by atoms with Crippen LogP contribution in [0.2, 0.25) is 0 Å². The number of amides is 1. The van der Waals surface area contributed by atoms with Crippen molar-refractivity contribution in [2.75, 3.05) is 51.7 Å². The van der Waals surface area contributed by atoms with E-state index in [1.807, 2.05) is 60.3 Å². The number of hydrogen-bond donors (Lipinski definition) is 1. The van der Waals surface area contributed by atoms with Crippen LogP contribution in [0.25, 0.3) is 0 Å². The lowest BCUT2D eigenvalue weighted by molar-refractivity contribution is -0.122. The van der Waals surface area contributed by atoms with Crippen molar-refractivity contribution in [3.05, 3.63) is 59.2 Å². The molecular weight excluding hydrogens is 424 g/mol. The number of sulfonamides is 1. The minimum atomic E-state index is -3.49. The number of nitrogens with zero attached hydrogens (tertiary/aromatic N) is 3. The van der Waals surface area contributed by atoms with E-state index in [4.69, 9.17) is 0 Å². The first kappa shape index (κ1) is 22.8. The summed E-state index contributed by atoms with van der Waals surface area (Å²) >= 11 is 0. The summed E-state index contributed by atoms with van der Waals surface area (Å²) in [7, 11) is 0.498. The summed E-state index contributed by atoms with van der Waals surface area (Å²) in [5, 5.41) is 2.96. The van der Waals surface area contributed by atoms with E-state index in [9.17, 15) is 13.2 Å². The van der Waals surface area contributed by atoms with Crippen molar-refractivity contribution >= 4 is 21.6 Å². The molecule has 1 heterocycles. The summed E-state index contributed by atoms with van der Waals surface area (Å²) in [5.74, 6) is -0.0448. The summed E-state index contributed by atoms with van der Waals surface area (Å²) in [6.07, 6.45) is 3.10. The molecule has 1 aliphatic heterocycles. The molecule has 0 radical (unpaired) electrons. The Labute approximate surface area is 191 Å². The van der Waals surface area contributed by atoms with Gasteiger partial charge in [-0.1, -0.05) is 18.2 Å². The fourth-order valence-corrected chi connectivity index (χ4v) is 5.83. The maximum atomic E-state index is 13.1. The number of carbonyl (C=O) groups excluding carboxylic acids is 1. The SMILES string of the molecule is CN(C)c1ccc(CNC(=O)CN2CCN(S(=O)(=O)c3ccc4c(c3)CCC4)CC2)cc1. The fourth-order valence-electron chi connectivity index (χ4n) is 4.36. The predicted molar refractivity (Wildman–Crippen MR) is 126 cm³/mol. The topological polar surface area (TPSA) is 73.0 Å². The summed E-state index contributed by atoms with van der Waals surface area (Å²) in [6.45, 7) is 2.67. The number of piperazine rings is 1. The van der Waals surface area contributed by atoms with Crippen LogP contribution in [0, 0.1) is 0 Å². The van der Waals surface area contributed by atoms with Crippen LogP contribution in [-0.2, 0) is 34.2 Å². The minimum Gasteiger partial charge on any atom is -0.378 e. The van der Waals surface area contributed by atoms with E-state index >= 15 is 0 Å². The molecule has 1 N–H and O–H groups in total. The molecular formula is C24H32N4O3S. The van der Waals surface area contributed by atoms with Gasteiger partial charge in [-0.05, 0) is 60.2 Å². The maximum absolute atomic E-state index is 13.1. The van der Waals surface area contributed by atoms with E-state index in [1.54, 1.807) is 10.4 Å². The molecule has 172 valence electrons. The average Bonchev–Trinajstić information content (AvgIpc) is 3.26. The van der Waals surface area contributed by atoms with Crippen LogP contribution in [0.15, 0.2) is 47.4 Å². The molecule has 0 unspecified atom stereocenters. The van der Waals surface area contributed by atoms with Crippen LogP contribution in [0.1, 0.15) is 23.1 Å². The van der Waals surface area contributed by atoms with Gasteiger partial charge in [0, 0.05) is 52.5 Å². The van der Waals surface area contributed by atoms with Gasteiger partial charge in [0.2, 0.25) is 15.9 Å². The smallest absolute Gasteiger partial charge is 0.243 e. The Kier molecular flexibility index (Phi) is 6.83. The monoisotopic (exact) mass is 456 g/mol. The van der Waals surface area contributed by atoms with Crippen LogP contribution in [-0.4, -0.2) is 70.3 Å². The molecule has 1 amide bonds. The molecule has 0 atom stereocenters. The molecule has 0 bridgehead atoms. The quantitative estimate of drug-likeness (QED) is 0.689. The zero-order chi connectivity index (χ0) is 22.7. The molecule has 8 heteroatoms. The van der Waals surface area contributed by atoms with Crippen LogP contribution < -0.4 is 10.2 Å². The van der Waals surface area contributed by atoms with Crippen molar-refractivity contribution in [1.82, 2.24) is 14.5 Å². The first-order valence-corrected chi connectivity index (χ1v) is 12.6. The zero-order valence-corrected chi connectivity index (χ0v) is 19.7. The Morgan fingerprint density at radius 2 is 1.66 bits per heavy atom. The van der Waals surface area contributed by atoms with Crippen LogP contribution in [0.3, 0.4) is 0 Å². The lowest BCUT2D eigenvalue weighted by Crippen LogP contribution is -2.51. The molecule has 0 spiro atoms. The van der Waals surface area contributed by atoms with Gasteiger partial charge in [0.1, 0.15) is 0 Å². The van der Waals surface area contributed by atoms with Crippen molar-refractivity contribution in [2.45, 2.75) is 30.7 Å². The number of aryl methyl sites for hydroxylation is 2. The van der Waals surface area contributed by atoms with Gasteiger partial charge in [0.05, 0.1) is 11.4 Å². The lowest BCUT2D eigenvalue weighted by Gasteiger charge is -2.33. The van der Waals surface area contributed by atoms with E-state index < -0.39 is 10.0 Å². The summed E-state index contributed by atoms with van der Waals surface area (Å²) in [6, 6.07) is 13.6. The zero-order valence-electron chi connectivity index (χ0n) is 18.9. The third-order valence-corrected chi connectivity index (χ3v) is 8.24. The van der Waals surface area contributed by atoms with E-state index in [2.05, 4.69) is 5.32 Å². The number of hydrogen-bond acceptors (Lipinski definition) is 5. The highest BCUT2D eigenvalue weighted by molar-refractivity contribution is 7.89. The second-order valence-corrected chi connectivity index (χ2v) is 10.7. The standard InChI is InChI=1S/C24H32N4O3S/c1-26(2)22-9-6-19(7-10-22)17-25-24(29)18-27-12-14-28(15-13-27)32(30,31)23-11-8-20-4-3-5-21(20)16-23/h6-11,16H,3-5,12-15,17-18H2,1-2H3,(H,25,29). The molecule has 4 rings (SSSR count). The Balaban J connectivity index is 1.25. The summed E-state index contributed by atoms with van der Waals surface area (Å²) < 4.78 is 27.7. The third-order valence-electron chi connectivity index (χ3n) is 6.35. The van der Waals surface area contributed by atoms with Crippen LogP contribution in [0.4, 0.5) is 5.69 Å². The molecule has 1 saturated heterocycles. The average molecular weight is 457 g/mol. The summed E-state index contributed by atoms with van der Waals surface area (Å²) in [4.78, 5) is 16.8. The first-order chi connectivity index (χ1) is 15.3. The van der Waals surface area contributed by atoms with Crippen LogP contribution in [0.5, 0.6) is 0 Å². The van der Waals surface area contributed by atoms with Crippen molar-refractivity contribution in [1.29, 1.82) is 0 Å². The van der Waals surface area contributed by atoms with Gasteiger partial charge in [-0.15, -0.1) is 0 Å². The highest BCUT2D eigenvalue weighted by Crippen LogP contribution is 2.26. The van der Waals surface area contributed by atoms with E-state index in [1.165, 1.54) is 5.56 Å². The van der Waals surface area contributed by atoms with Gasteiger partial charge < -0.3 is 10.2 Å². The highest BCUT2D eigenvalue weighted by atomic mass is 32.2. The van der Waals surface area contributed by atoms with E-state index in [0.717, 1.165) is 36.1 Å². The molecule has 0 aromatic heterocycles. The minimum absolute atomic E-state index is 0.0448. The number of carbonyl (C=O) groups is 1. The van der Waals surface area contributed by atoms with Crippen molar-refractivity contribution in [2.24, 2.45) is 0 Å². The number of benzene rings is 2. The number of rotatable bonds is 7. The molecule has 32 heavy (non-hydrogen) atoms. The largest absolute Gasteiger partial charge is 0.378 e. The Morgan fingerprint density at radius 1 is 0.969 bits per heavy atom. The molecule has 2 aliphatic rings. The fraction of sp³-hybridized carbons (Fsp3) is 0.458. The Morgan fingerprint density at radius 3 is 2.34 bits per heavy atom. The molecule has 2 aromatic carbocycles. The van der Waals surface area contributed by atoms with E-state index in [-0.39, 0.29) is 12.5 Å². The lowest BCUT2D eigenvalue weighted by atomic mass is 10.1. The molecule has 7 nitrogen and oxygen atoms in total. The number of fused-ring (bicyclic) bond motifs is 1. The molecule has 1 aliphatic carbocycles. The van der Waals surface area contributed by atoms with Crippen molar-refractivity contribution in [3.8, 4) is 0 Å². The van der Waals surface area contributed by atoms with Crippen LogP contribution >= 0.6 is 0 Å².